The van der Waals surface area contributed by atoms with Crippen LogP contribution in [0.5, 0.6) is 0 Å². The molecule has 2 N–H and O–H groups in total. The Labute approximate surface area is 152 Å². The number of fused-ring (bicyclic) bond motifs is 1. The number of piperazine rings is 1. The fourth-order valence-corrected chi connectivity index (χ4v) is 3.83. The van der Waals surface area contributed by atoms with E-state index in [1.807, 2.05) is 36.5 Å². The standard InChI is InChI=1S/C21H23N3O2/c25-21(26)20(18-14-22-19-9-5-4-8-17(18)19)24-12-10-23(11-13-24)15-16-6-2-1-3-7-16/h1-9,14,20,22H,10-13,15H2,(H,25,26). The number of carbonyl (C=O) groups is 1. The van der Waals surface area contributed by atoms with Crippen LogP contribution in [0.1, 0.15) is 17.2 Å². The van der Waals surface area contributed by atoms with Crippen LogP contribution in [0.4, 0.5) is 0 Å². The molecule has 0 aliphatic carbocycles. The maximum atomic E-state index is 12.0. The molecular weight excluding hydrogens is 326 g/mol. The zero-order chi connectivity index (χ0) is 17.9. The maximum Gasteiger partial charge on any atom is 0.325 e. The molecule has 0 amide bonds. The van der Waals surface area contributed by atoms with Crippen LogP contribution in [0.3, 0.4) is 0 Å². The van der Waals surface area contributed by atoms with Crippen molar-refractivity contribution < 1.29 is 9.90 Å². The molecule has 1 aliphatic heterocycles. The third kappa shape index (κ3) is 3.36. The number of nitrogens with one attached hydrogen (secondary N) is 1. The van der Waals surface area contributed by atoms with E-state index in [0.29, 0.717) is 0 Å². The van der Waals surface area contributed by atoms with E-state index in [9.17, 15) is 9.90 Å². The Balaban J connectivity index is 1.48. The molecule has 4 rings (SSSR count). The average Bonchev–Trinajstić information content (AvgIpc) is 3.08. The molecule has 0 radical (unpaired) electrons. The summed E-state index contributed by atoms with van der Waals surface area (Å²) < 4.78 is 0. The van der Waals surface area contributed by atoms with Gasteiger partial charge in [-0.25, -0.2) is 0 Å². The Morgan fingerprint density at radius 1 is 1.00 bits per heavy atom. The lowest BCUT2D eigenvalue weighted by molar-refractivity contribution is -0.144. The van der Waals surface area contributed by atoms with Gasteiger partial charge in [0.1, 0.15) is 6.04 Å². The number of aliphatic carboxylic acids is 1. The van der Waals surface area contributed by atoms with Gasteiger partial charge in [-0.05, 0) is 11.6 Å². The number of carboxylic acid groups (broad SMARTS) is 1. The fourth-order valence-electron chi connectivity index (χ4n) is 3.83. The van der Waals surface area contributed by atoms with Crippen molar-refractivity contribution >= 4 is 16.9 Å². The monoisotopic (exact) mass is 349 g/mol. The van der Waals surface area contributed by atoms with Gasteiger partial charge in [0.25, 0.3) is 0 Å². The van der Waals surface area contributed by atoms with E-state index in [4.69, 9.17) is 0 Å². The number of benzene rings is 2. The molecule has 0 bridgehead atoms. The molecule has 1 aromatic heterocycles. The summed E-state index contributed by atoms with van der Waals surface area (Å²) in [7, 11) is 0. The Morgan fingerprint density at radius 3 is 2.42 bits per heavy atom. The third-order valence-corrected chi connectivity index (χ3v) is 5.17. The van der Waals surface area contributed by atoms with Crippen LogP contribution in [-0.4, -0.2) is 52.0 Å². The number of hydrogen-bond acceptors (Lipinski definition) is 3. The zero-order valence-corrected chi connectivity index (χ0v) is 14.6. The minimum Gasteiger partial charge on any atom is -0.480 e. The summed E-state index contributed by atoms with van der Waals surface area (Å²) in [6.07, 6.45) is 1.85. The minimum atomic E-state index is -0.786. The number of rotatable bonds is 5. The van der Waals surface area contributed by atoms with E-state index in [0.717, 1.165) is 49.2 Å². The van der Waals surface area contributed by atoms with Crippen LogP contribution in [0.2, 0.25) is 0 Å². The summed E-state index contributed by atoms with van der Waals surface area (Å²) in [6.45, 7) is 4.17. The Hall–Kier alpha value is -2.63. The average molecular weight is 349 g/mol. The SMILES string of the molecule is O=C(O)C(c1c[nH]c2ccccc12)N1CCN(Cc2ccccc2)CC1. The number of para-hydroxylation sites is 1. The van der Waals surface area contributed by atoms with Gasteiger partial charge in [0.05, 0.1) is 0 Å². The van der Waals surface area contributed by atoms with Gasteiger partial charge in [-0.1, -0.05) is 48.5 Å². The first-order chi connectivity index (χ1) is 12.7. The van der Waals surface area contributed by atoms with E-state index in [2.05, 4.69) is 39.0 Å². The Kier molecular flexibility index (Phi) is 4.73. The first-order valence-electron chi connectivity index (χ1n) is 9.01. The van der Waals surface area contributed by atoms with Crippen LogP contribution in [-0.2, 0) is 11.3 Å². The van der Waals surface area contributed by atoms with E-state index < -0.39 is 12.0 Å². The van der Waals surface area contributed by atoms with Gasteiger partial charge in [-0.3, -0.25) is 14.6 Å². The van der Waals surface area contributed by atoms with Crippen molar-refractivity contribution in [2.45, 2.75) is 12.6 Å². The molecule has 5 heteroatoms. The molecule has 1 aliphatic rings. The van der Waals surface area contributed by atoms with Crippen molar-refractivity contribution in [2.75, 3.05) is 26.2 Å². The van der Waals surface area contributed by atoms with Crippen molar-refractivity contribution in [3.8, 4) is 0 Å². The van der Waals surface area contributed by atoms with Crippen LogP contribution in [0, 0.1) is 0 Å². The Morgan fingerprint density at radius 2 is 1.69 bits per heavy atom. The van der Waals surface area contributed by atoms with E-state index in [1.165, 1.54) is 5.56 Å². The normalized spacial score (nSPS) is 17.4. The van der Waals surface area contributed by atoms with E-state index in [-0.39, 0.29) is 0 Å². The van der Waals surface area contributed by atoms with Gasteiger partial charge in [0.2, 0.25) is 0 Å². The summed E-state index contributed by atoms with van der Waals surface area (Å²) in [5, 5.41) is 10.9. The van der Waals surface area contributed by atoms with Crippen LogP contribution in [0.25, 0.3) is 10.9 Å². The maximum absolute atomic E-state index is 12.0. The molecule has 2 heterocycles. The van der Waals surface area contributed by atoms with Gasteiger partial charge in [-0.2, -0.15) is 0 Å². The summed E-state index contributed by atoms with van der Waals surface area (Å²) in [5.74, 6) is -0.786. The lowest BCUT2D eigenvalue weighted by Gasteiger charge is -2.37. The molecule has 26 heavy (non-hydrogen) atoms. The summed E-state index contributed by atoms with van der Waals surface area (Å²) in [4.78, 5) is 19.7. The topological polar surface area (TPSA) is 59.6 Å². The third-order valence-electron chi connectivity index (χ3n) is 5.17. The number of hydrogen-bond donors (Lipinski definition) is 2. The summed E-state index contributed by atoms with van der Waals surface area (Å²) in [6, 6.07) is 17.7. The zero-order valence-electron chi connectivity index (χ0n) is 14.6. The lowest BCUT2D eigenvalue weighted by Crippen LogP contribution is -2.48. The largest absolute Gasteiger partial charge is 0.480 e. The second kappa shape index (κ2) is 7.32. The Bertz CT molecular complexity index is 882. The highest BCUT2D eigenvalue weighted by atomic mass is 16.4. The molecular formula is C21H23N3O2. The first kappa shape index (κ1) is 16.8. The number of carboxylic acids is 1. The predicted octanol–water partition coefficient (Wildman–Crippen LogP) is 3.11. The molecule has 1 unspecified atom stereocenters. The van der Waals surface area contributed by atoms with E-state index >= 15 is 0 Å². The molecule has 5 nitrogen and oxygen atoms in total. The smallest absolute Gasteiger partial charge is 0.325 e. The van der Waals surface area contributed by atoms with Crippen molar-refractivity contribution in [3.63, 3.8) is 0 Å². The number of aromatic nitrogens is 1. The van der Waals surface area contributed by atoms with Gasteiger partial charge in [0, 0.05) is 55.4 Å². The fraction of sp³-hybridized carbons (Fsp3) is 0.286. The van der Waals surface area contributed by atoms with Crippen LogP contribution >= 0.6 is 0 Å². The van der Waals surface area contributed by atoms with E-state index in [1.54, 1.807) is 0 Å². The second-order valence-corrected chi connectivity index (χ2v) is 6.83. The molecule has 2 aromatic carbocycles. The molecule has 0 spiro atoms. The molecule has 1 atom stereocenters. The molecule has 1 fully saturated rings. The van der Waals surface area contributed by atoms with Gasteiger partial charge < -0.3 is 10.1 Å². The minimum absolute atomic E-state index is 0.606. The summed E-state index contributed by atoms with van der Waals surface area (Å²) >= 11 is 0. The number of H-pyrrole nitrogens is 1. The lowest BCUT2D eigenvalue weighted by atomic mass is 10.0. The molecule has 0 saturated carbocycles. The van der Waals surface area contributed by atoms with Crippen molar-refractivity contribution in [3.05, 3.63) is 71.9 Å². The highest BCUT2D eigenvalue weighted by Gasteiger charge is 2.31. The van der Waals surface area contributed by atoms with Crippen LogP contribution < -0.4 is 0 Å². The molecule has 134 valence electrons. The second-order valence-electron chi connectivity index (χ2n) is 6.83. The predicted molar refractivity (Wildman–Crippen MR) is 102 cm³/mol. The number of aromatic amines is 1. The molecule has 3 aromatic rings. The summed E-state index contributed by atoms with van der Waals surface area (Å²) in [5.41, 5.74) is 3.13. The van der Waals surface area contributed by atoms with Gasteiger partial charge in [0.15, 0.2) is 0 Å². The van der Waals surface area contributed by atoms with Gasteiger partial charge in [-0.15, -0.1) is 0 Å². The first-order valence-corrected chi connectivity index (χ1v) is 9.01. The molecule has 1 saturated heterocycles. The highest BCUT2D eigenvalue weighted by molar-refractivity contribution is 5.89. The van der Waals surface area contributed by atoms with Crippen molar-refractivity contribution in [1.29, 1.82) is 0 Å². The van der Waals surface area contributed by atoms with Gasteiger partial charge >= 0.3 is 5.97 Å². The van der Waals surface area contributed by atoms with Crippen LogP contribution in [0.15, 0.2) is 60.8 Å². The highest BCUT2D eigenvalue weighted by Crippen LogP contribution is 2.29. The quantitative estimate of drug-likeness (QED) is 0.743. The van der Waals surface area contributed by atoms with Crippen molar-refractivity contribution in [2.24, 2.45) is 0 Å². The number of nitrogens with zero attached hydrogens (tertiary/aromatic N) is 2. The van der Waals surface area contributed by atoms with Crippen molar-refractivity contribution in [1.82, 2.24) is 14.8 Å².